The van der Waals surface area contributed by atoms with Crippen LogP contribution < -0.4 is 5.32 Å². The minimum Gasteiger partial charge on any atom is -0.481 e. The number of aromatic nitrogens is 1. The lowest BCUT2D eigenvalue weighted by Crippen LogP contribution is -2.40. The van der Waals surface area contributed by atoms with E-state index in [1.54, 1.807) is 17.5 Å². The van der Waals surface area contributed by atoms with Crippen LogP contribution in [0, 0.1) is 5.92 Å². The van der Waals surface area contributed by atoms with Crippen LogP contribution in [0.4, 0.5) is 0 Å². The van der Waals surface area contributed by atoms with Crippen molar-refractivity contribution in [3.63, 3.8) is 0 Å². The maximum atomic E-state index is 12.3. The Morgan fingerprint density at radius 3 is 2.91 bits per heavy atom. The molecule has 120 valence electrons. The molecule has 5 nitrogen and oxygen atoms in total. The standard InChI is InChI=1S/C16H15ClN2O3S/c17-10-4-1-3-9(7-10)15-19-13(8-23-15)14(20)18-12-6-2-5-11(12)16(21)22/h1,3-4,7-8,11-12H,2,5-6H2,(H,18,20)(H,21,22)/t11-,12+/m1/s1. The zero-order chi connectivity index (χ0) is 16.4. The van der Waals surface area contributed by atoms with Gasteiger partial charge in [-0.1, -0.05) is 30.2 Å². The highest BCUT2D eigenvalue weighted by atomic mass is 35.5. The summed E-state index contributed by atoms with van der Waals surface area (Å²) in [5.74, 6) is -1.69. The Bertz CT molecular complexity index is 746. The van der Waals surface area contributed by atoms with E-state index in [-0.39, 0.29) is 11.9 Å². The fraction of sp³-hybridized carbons (Fsp3) is 0.312. The number of hydrogen-bond acceptors (Lipinski definition) is 4. The van der Waals surface area contributed by atoms with Crippen LogP contribution in [0.1, 0.15) is 29.8 Å². The van der Waals surface area contributed by atoms with Crippen LogP contribution in [-0.4, -0.2) is 28.0 Å². The van der Waals surface area contributed by atoms with Gasteiger partial charge in [-0.15, -0.1) is 11.3 Å². The Hall–Kier alpha value is -1.92. The van der Waals surface area contributed by atoms with Crippen molar-refractivity contribution in [3.05, 3.63) is 40.4 Å². The number of amides is 1. The Labute approximate surface area is 142 Å². The first-order chi connectivity index (χ1) is 11.0. The minimum atomic E-state index is -0.856. The van der Waals surface area contributed by atoms with Gasteiger partial charge in [0.15, 0.2) is 0 Å². The highest BCUT2D eigenvalue weighted by molar-refractivity contribution is 7.13. The molecule has 0 unspecified atom stereocenters. The molecule has 3 rings (SSSR count). The third-order valence-corrected chi connectivity index (χ3v) is 5.08. The van der Waals surface area contributed by atoms with Gasteiger partial charge in [0.25, 0.3) is 5.91 Å². The number of benzene rings is 1. The molecule has 0 saturated heterocycles. The molecule has 2 N–H and O–H groups in total. The molecule has 0 spiro atoms. The van der Waals surface area contributed by atoms with E-state index < -0.39 is 11.9 Å². The second-order valence-corrected chi connectivity index (χ2v) is 6.80. The predicted molar refractivity (Wildman–Crippen MR) is 88.8 cm³/mol. The molecule has 0 radical (unpaired) electrons. The van der Waals surface area contributed by atoms with Crippen molar-refractivity contribution in [1.29, 1.82) is 0 Å². The van der Waals surface area contributed by atoms with Crippen LogP contribution >= 0.6 is 22.9 Å². The molecule has 23 heavy (non-hydrogen) atoms. The van der Waals surface area contributed by atoms with E-state index in [4.69, 9.17) is 16.7 Å². The second-order valence-electron chi connectivity index (χ2n) is 5.50. The number of thiazole rings is 1. The zero-order valence-electron chi connectivity index (χ0n) is 12.2. The molecule has 1 aromatic carbocycles. The van der Waals surface area contributed by atoms with E-state index in [0.29, 0.717) is 28.6 Å². The molecule has 1 aromatic heterocycles. The highest BCUT2D eigenvalue weighted by Crippen LogP contribution is 2.28. The average Bonchev–Trinajstić information content (AvgIpc) is 3.16. The zero-order valence-corrected chi connectivity index (χ0v) is 13.7. The third kappa shape index (κ3) is 3.54. The Balaban J connectivity index is 1.73. The highest BCUT2D eigenvalue weighted by Gasteiger charge is 2.34. The fourth-order valence-electron chi connectivity index (χ4n) is 2.80. The van der Waals surface area contributed by atoms with Crippen LogP contribution in [0.15, 0.2) is 29.6 Å². The first-order valence-corrected chi connectivity index (χ1v) is 8.55. The van der Waals surface area contributed by atoms with E-state index in [9.17, 15) is 9.59 Å². The number of carboxylic acid groups (broad SMARTS) is 1. The van der Waals surface area contributed by atoms with Gasteiger partial charge in [-0.25, -0.2) is 4.98 Å². The van der Waals surface area contributed by atoms with E-state index >= 15 is 0 Å². The van der Waals surface area contributed by atoms with Gasteiger partial charge < -0.3 is 10.4 Å². The summed E-state index contributed by atoms with van der Waals surface area (Å²) >= 11 is 7.32. The second kappa shape index (κ2) is 6.68. The van der Waals surface area contributed by atoms with Gasteiger partial charge in [0.05, 0.1) is 5.92 Å². The van der Waals surface area contributed by atoms with Gasteiger partial charge >= 0.3 is 5.97 Å². The summed E-state index contributed by atoms with van der Waals surface area (Å²) in [6.45, 7) is 0. The topological polar surface area (TPSA) is 79.3 Å². The number of hydrogen-bond donors (Lipinski definition) is 2. The van der Waals surface area contributed by atoms with Crippen LogP contribution in [-0.2, 0) is 4.79 Å². The summed E-state index contributed by atoms with van der Waals surface area (Å²) < 4.78 is 0. The number of carbonyl (C=O) groups excluding carboxylic acids is 1. The number of halogens is 1. The van der Waals surface area contributed by atoms with Crippen molar-refractivity contribution in [2.75, 3.05) is 0 Å². The summed E-state index contributed by atoms with van der Waals surface area (Å²) in [4.78, 5) is 27.8. The van der Waals surface area contributed by atoms with Crippen molar-refractivity contribution in [2.24, 2.45) is 5.92 Å². The lowest BCUT2D eigenvalue weighted by Gasteiger charge is -2.16. The van der Waals surface area contributed by atoms with Gasteiger partial charge in [0.2, 0.25) is 0 Å². The minimum absolute atomic E-state index is 0.306. The number of carboxylic acids is 1. The molecule has 1 fully saturated rings. The molecule has 0 aliphatic heterocycles. The van der Waals surface area contributed by atoms with Crippen molar-refractivity contribution in [1.82, 2.24) is 10.3 Å². The number of rotatable bonds is 4. The van der Waals surface area contributed by atoms with Crippen LogP contribution in [0.3, 0.4) is 0 Å². The maximum Gasteiger partial charge on any atom is 0.308 e. The van der Waals surface area contributed by atoms with Crippen molar-refractivity contribution in [2.45, 2.75) is 25.3 Å². The normalized spacial score (nSPS) is 20.4. The summed E-state index contributed by atoms with van der Waals surface area (Å²) in [7, 11) is 0. The molecule has 2 atom stereocenters. The molecule has 1 amide bonds. The average molecular weight is 351 g/mol. The predicted octanol–water partition coefficient (Wildman–Crippen LogP) is 3.45. The molecular formula is C16H15ClN2O3S. The van der Waals surface area contributed by atoms with Crippen molar-refractivity contribution in [3.8, 4) is 10.6 Å². The van der Waals surface area contributed by atoms with E-state index in [2.05, 4.69) is 10.3 Å². The van der Waals surface area contributed by atoms with Crippen molar-refractivity contribution >= 4 is 34.8 Å². The van der Waals surface area contributed by atoms with Gasteiger partial charge in [-0.05, 0) is 25.0 Å². The summed E-state index contributed by atoms with van der Waals surface area (Å²) in [5, 5.41) is 15.0. The molecule has 2 aromatic rings. The van der Waals surface area contributed by atoms with Crippen LogP contribution in [0.25, 0.3) is 10.6 Å². The van der Waals surface area contributed by atoms with E-state index in [1.165, 1.54) is 11.3 Å². The van der Waals surface area contributed by atoms with Gasteiger partial charge in [-0.3, -0.25) is 9.59 Å². The monoisotopic (exact) mass is 350 g/mol. The first kappa shape index (κ1) is 16.0. The fourth-order valence-corrected chi connectivity index (χ4v) is 3.79. The maximum absolute atomic E-state index is 12.3. The summed E-state index contributed by atoms with van der Waals surface area (Å²) in [6, 6.07) is 6.95. The molecular weight excluding hydrogens is 336 g/mol. The van der Waals surface area contributed by atoms with Gasteiger partial charge in [-0.2, -0.15) is 0 Å². The number of aliphatic carboxylic acids is 1. The Morgan fingerprint density at radius 1 is 1.35 bits per heavy atom. The van der Waals surface area contributed by atoms with Gasteiger partial charge in [0, 0.05) is 22.0 Å². The third-order valence-electron chi connectivity index (χ3n) is 3.96. The molecule has 1 saturated carbocycles. The van der Waals surface area contributed by atoms with Crippen molar-refractivity contribution < 1.29 is 14.7 Å². The summed E-state index contributed by atoms with van der Waals surface area (Å²) in [6.07, 6.45) is 2.10. The smallest absolute Gasteiger partial charge is 0.308 e. The number of nitrogens with zero attached hydrogens (tertiary/aromatic N) is 1. The Kier molecular flexibility index (Phi) is 4.63. The molecule has 1 aliphatic rings. The largest absolute Gasteiger partial charge is 0.481 e. The summed E-state index contributed by atoms with van der Waals surface area (Å²) in [5.41, 5.74) is 1.16. The lowest BCUT2D eigenvalue weighted by molar-refractivity contribution is -0.142. The van der Waals surface area contributed by atoms with Gasteiger partial charge in [0.1, 0.15) is 10.7 Å². The molecule has 1 heterocycles. The molecule has 1 aliphatic carbocycles. The van der Waals surface area contributed by atoms with Crippen LogP contribution in [0.2, 0.25) is 5.02 Å². The number of nitrogens with one attached hydrogen (secondary N) is 1. The Morgan fingerprint density at radius 2 is 2.17 bits per heavy atom. The molecule has 7 heteroatoms. The van der Waals surface area contributed by atoms with E-state index in [1.807, 2.05) is 12.1 Å². The first-order valence-electron chi connectivity index (χ1n) is 7.30. The van der Waals surface area contributed by atoms with E-state index in [0.717, 1.165) is 12.0 Å². The molecule has 0 bridgehead atoms. The quantitative estimate of drug-likeness (QED) is 0.885. The SMILES string of the molecule is O=C(N[C@H]1CCC[C@H]1C(=O)O)c1csc(-c2cccc(Cl)c2)n1. The van der Waals surface area contributed by atoms with Crippen LogP contribution in [0.5, 0.6) is 0 Å². The lowest BCUT2D eigenvalue weighted by atomic mass is 10.0. The number of carbonyl (C=O) groups is 2.